The van der Waals surface area contributed by atoms with Gasteiger partial charge in [0.15, 0.2) is 0 Å². The Labute approximate surface area is 113 Å². The van der Waals surface area contributed by atoms with Crippen molar-refractivity contribution in [2.24, 2.45) is 0 Å². The Balaban J connectivity index is 2.36. The van der Waals surface area contributed by atoms with Gasteiger partial charge in [-0.15, -0.1) is 0 Å². The van der Waals surface area contributed by atoms with E-state index in [-0.39, 0.29) is 0 Å². The highest BCUT2D eigenvalue weighted by atomic mass is 16.5. The first-order valence-electron chi connectivity index (χ1n) is 6.32. The lowest BCUT2D eigenvalue weighted by molar-refractivity contribution is 0.398. The molecule has 2 heterocycles. The van der Waals surface area contributed by atoms with E-state index in [2.05, 4.69) is 27.2 Å². The molecule has 100 valence electrons. The van der Waals surface area contributed by atoms with Gasteiger partial charge in [-0.05, 0) is 25.0 Å². The lowest BCUT2D eigenvalue weighted by Crippen LogP contribution is -2.05. The van der Waals surface area contributed by atoms with Crippen LogP contribution in [0.5, 0.6) is 5.88 Å². The van der Waals surface area contributed by atoms with Crippen LogP contribution in [0.2, 0.25) is 0 Å². The number of ether oxygens (including phenoxy) is 1. The molecule has 2 aromatic rings. The van der Waals surface area contributed by atoms with Crippen LogP contribution >= 0.6 is 0 Å². The van der Waals surface area contributed by atoms with Crippen LogP contribution < -0.4 is 10.1 Å². The molecule has 2 aromatic heterocycles. The van der Waals surface area contributed by atoms with Crippen LogP contribution in [0.15, 0.2) is 24.5 Å². The summed E-state index contributed by atoms with van der Waals surface area (Å²) in [4.78, 5) is 12.9. The molecule has 0 amide bonds. The second kappa shape index (κ2) is 6.13. The van der Waals surface area contributed by atoms with Gasteiger partial charge in [0.05, 0.1) is 12.8 Å². The van der Waals surface area contributed by atoms with Crippen molar-refractivity contribution in [3.8, 4) is 17.1 Å². The van der Waals surface area contributed by atoms with E-state index in [0.29, 0.717) is 11.8 Å². The van der Waals surface area contributed by atoms with Crippen LogP contribution in [-0.4, -0.2) is 28.6 Å². The van der Waals surface area contributed by atoms with Gasteiger partial charge in [0.2, 0.25) is 11.8 Å². The van der Waals surface area contributed by atoms with Crippen molar-refractivity contribution in [1.29, 1.82) is 0 Å². The van der Waals surface area contributed by atoms with Gasteiger partial charge in [-0.1, -0.05) is 6.92 Å². The quantitative estimate of drug-likeness (QED) is 0.893. The van der Waals surface area contributed by atoms with Gasteiger partial charge >= 0.3 is 0 Å². The van der Waals surface area contributed by atoms with Crippen LogP contribution in [0.1, 0.15) is 18.9 Å². The molecule has 19 heavy (non-hydrogen) atoms. The Bertz CT molecular complexity index is 557. The van der Waals surface area contributed by atoms with E-state index in [9.17, 15) is 0 Å². The summed E-state index contributed by atoms with van der Waals surface area (Å²) >= 11 is 0. The highest BCUT2D eigenvalue weighted by molar-refractivity contribution is 5.64. The van der Waals surface area contributed by atoms with Crippen molar-refractivity contribution in [2.45, 2.75) is 20.3 Å². The van der Waals surface area contributed by atoms with Gasteiger partial charge in [-0.25, -0.2) is 15.0 Å². The Hall–Kier alpha value is -2.17. The van der Waals surface area contributed by atoms with Crippen molar-refractivity contribution < 1.29 is 4.74 Å². The SMILES string of the molecule is CCCNc1ncc(C)c(-c2ccnc(OC)c2)n1. The van der Waals surface area contributed by atoms with E-state index in [4.69, 9.17) is 4.74 Å². The molecule has 0 aliphatic rings. The molecule has 0 radical (unpaired) electrons. The molecule has 0 bridgehead atoms. The predicted octanol–water partition coefficient (Wildman–Crippen LogP) is 2.68. The molecule has 0 aromatic carbocycles. The zero-order valence-corrected chi connectivity index (χ0v) is 11.5. The first-order valence-corrected chi connectivity index (χ1v) is 6.32. The van der Waals surface area contributed by atoms with Crippen LogP contribution in [-0.2, 0) is 0 Å². The minimum atomic E-state index is 0.582. The summed E-state index contributed by atoms with van der Waals surface area (Å²) in [5.74, 6) is 1.23. The standard InChI is InChI=1S/C14H18N4O/c1-4-6-16-14-17-9-10(2)13(18-14)11-5-7-15-12(8-11)19-3/h5,7-9H,4,6H2,1-3H3,(H,16,17,18). The molecular formula is C14H18N4O. The summed E-state index contributed by atoms with van der Waals surface area (Å²) in [6, 6.07) is 3.79. The van der Waals surface area contributed by atoms with E-state index in [0.717, 1.165) is 29.8 Å². The maximum atomic E-state index is 5.14. The molecule has 0 aliphatic heterocycles. The highest BCUT2D eigenvalue weighted by Crippen LogP contribution is 2.23. The lowest BCUT2D eigenvalue weighted by atomic mass is 10.1. The van der Waals surface area contributed by atoms with E-state index >= 15 is 0 Å². The number of anilines is 1. The first-order chi connectivity index (χ1) is 9.24. The molecule has 0 aliphatic carbocycles. The third kappa shape index (κ3) is 3.19. The molecule has 0 fully saturated rings. The molecule has 5 nitrogen and oxygen atoms in total. The third-order valence-electron chi connectivity index (χ3n) is 2.72. The van der Waals surface area contributed by atoms with Crippen molar-refractivity contribution in [3.05, 3.63) is 30.1 Å². The summed E-state index contributed by atoms with van der Waals surface area (Å²) in [6.07, 6.45) is 4.58. The molecule has 0 saturated heterocycles. The van der Waals surface area contributed by atoms with Gasteiger partial charge in [0.25, 0.3) is 0 Å². The monoisotopic (exact) mass is 258 g/mol. The number of aryl methyl sites for hydroxylation is 1. The van der Waals surface area contributed by atoms with Crippen LogP contribution in [0.4, 0.5) is 5.95 Å². The summed E-state index contributed by atoms with van der Waals surface area (Å²) in [7, 11) is 1.60. The van der Waals surface area contributed by atoms with Crippen LogP contribution in [0, 0.1) is 6.92 Å². The molecule has 5 heteroatoms. The normalized spacial score (nSPS) is 10.3. The zero-order chi connectivity index (χ0) is 13.7. The van der Waals surface area contributed by atoms with Gasteiger partial charge in [-0.3, -0.25) is 0 Å². The van der Waals surface area contributed by atoms with Crippen molar-refractivity contribution >= 4 is 5.95 Å². The fourth-order valence-electron chi connectivity index (χ4n) is 1.72. The molecule has 0 spiro atoms. The van der Waals surface area contributed by atoms with Gasteiger partial charge in [0, 0.05) is 30.6 Å². The van der Waals surface area contributed by atoms with Crippen molar-refractivity contribution in [2.75, 3.05) is 19.0 Å². The third-order valence-corrected chi connectivity index (χ3v) is 2.72. The number of aromatic nitrogens is 3. The molecule has 0 unspecified atom stereocenters. The minimum Gasteiger partial charge on any atom is -0.481 e. The number of nitrogens with one attached hydrogen (secondary N) is 1. The molecular weight excluding hydrogens is 240 g/mol. The fourth-order valence-corrected chi connectivity index (χ4v) is 1.72. The maximum absolute atomic E-state index is 5.14. The van der Waals surface area contributed by atoms with Crippen LogP contribution in [0.25, 0.3) is 11.3 Å². The Kier molecular flexibility index (Phi) is 4.28. The number of hydrogen-bond acceptors (Lipinski definition) is 5. The van der Waals surface area contributed by atoms with Crippen LogP contribution in [0.3, 0.4) is 0 Å². The number of rotatable bonds is 5. The minimum absolute atomic E-state index is 0.582. The molecule has 2 rings (SSSR count). The second-order valence-electron chi connectivity index (χ2n) is 4.24. The van der Waals surface area contributed by atoms with E-state index < -0.39 is 0 Å². The average Bonchev–Trinajstić information content (AvgIpc) is 2.46. The van der Waals surface area contributed by atoms with Gasteiger partial charge in [0.1, 0.15) is 0 Å². The number of nitrogens with zero attached hydrogens (tertiary/aromatic N) is 3. The Morgan fingerprint density at radius 2 is 2.16 bits per heavy atom. The lowest BCUT2D eigenvalue weighted by Gasteiger charge is -2.09. The van der Waals surface area contributed by atoms with E-state index in [1.807, 2.05) is 25.3 Å². The number of pyridine rings is 1. The molecule has 1 N–H and O–H groups in total. The fraction of sp³-hybridized carbons (Fsp3) is 0.357. The van der Waals surface area contributed by atoms with Crippen molar-refractivity contribution in [3.63, 3.8) is 0 Å². The van der Waals surface area contributed by atoms with Crippen molar-refractivity contribution in [1.82, 2.24) is 15.0 Å². The summed E-state index contributed by atoms with van der Waals surface area (Å²) in [5.41, 5.74) is 2.90. The topological polar surface area (TPSA) is 59.9 Å². The maximum Gasteiger partial charge on any atom is 0.223 e. The number of methoxy groups -OCH3 is 1. The van der Waals surface area contributed by atoms with E-state index in [1.165, 1.54) is 0 Å². The number of hydrogen-bond donors (Lipinski definition) is 1. The second-order valence-corrected chi connectivity index (χ2v) is 4.24. The van der Waals surface area contributed by atoms with E-state index in [1.54, 1.807) is 13.3 Å². The van der Waals surface area contributed by atoms with Gasteiger partial charge < -0.3 is 10.1 Å². The average molecular weight is 258 g/mol. The largest absolute Gasteiger partial charge is 0.481 e. The molecule has 0 saturated carbocycles. The van der Waals surface area contributed by atoms with Gasteiger partial charge in [-0.2, -0.15) is 0 Å². The first kappa shape index (κ1) is 13.3. The Morgan fingerprint density at radius 3 is 2.89 bits per heavy atom. The summed E-state index contributed by atoms with van der Waals surface area (Å²) < 4.78 is 5.14. The zero-order valence-electron chi connectivity index (χ0n) is 11.5. The Morgan fingerprint density at radius 1 is 1.32 bits per heavy atom. The smallest absolute Gasteiger partial charge is 0.223 e. The predicted molar refractivity (Wildman–Crippen MR) is 75.3 cm³/mol. The highest BCUT2D eigenvalue weighted by Gasteiger charge is 2.07. The summed E-state index contributed by atoms with van der Waals surface area (Å²) in [6.45, 7) is 4.96. The summed E-state index contributed by atoms with van der Waals surface area (Å²) in [5, 5.41) is 3.19. The molecule has 0 atom stereocenters.